The number of hydrogen-bond acceptors (Lipinski definition) is 6. The lowest BCUT2D eigenvalue weighted by Crippen LogP contribution is -2.16. The van der Waals surface area contributed by atoms with Crippen LogP contribution in [0.15, 0.2) is 16.2 Å². The van der Waals surface area contributed by atoms with Crippen molar-refractivity contribution in [1.82, 2.24) is 10.2 Å². The third-order valence-corrected chi connectivity index (χ3v) is 4.11. The van der Waals surface area contributed by atoms with Crippen molar-refractivity contribution in [2.45, 2.75) is 4.90 Å². The molecule has 0 unspecified atom stereocenters. The van der Waals surface area contributed by atoms with E-state index in [0.29, 0.717) is 5.15 Å². The van der Waals surface area contributed by atoms with Gasteiger partial charge in [0, 0.05) is 7.05 Å². The van der Waals surface area contributed by atoms with Crippen LogP contribution in [0.25, 0.3) is 0 Å². The molecule has 0 N–H and O–H groups in total. The van der Waals surface area contributed by atoms with E-state index in [1.54, 1.807) is 23.0 Å². The van der Waals surface area contributed by atoms with Gasteiger partial charge in [0.15, 0.2) is 9.53 Å². The molecule has 0 aliphatic carbocycles. The maximum Gasteiger partial charge on any atom is 0.167 e. The summed E-state index contributed by atoms with van der Waals surface area (Å²) >= 11 is 9.05. The van der Waals surface area contributed by atoms with Gasteiger partial charge in [0.2, 0.25) is 0 Å². The predicted molar refractivity (Wildman–Crippen MR) is 62.3 cm³/mol. The Morgan fingerprint density at radius 2 is 2.36 bits per heavy atom. The molecule has 0 saturated carbocycles. The number of thioether (sulfide) groups is 2. The van der Waals surface area contributed by atoms with E-state index in [9.17, 15) is 0 Å². The number of hydrogen-bond donors (Lipinski definition) is 0. The largest absolute Gasteiger partial charge is 0.264 e. The number of aromatic nitrogens is 2. The molecule has 7 heteroatoms. The Hall–Kier alpha value is -0.460. The minimum Gasteiger partial charge on any atom is -0.264 e. The average Bonchev–Trinajstić information content (AvgIpc) is 2.19. The summed E-state index contributed by atoms with van der Waals surface area (Å²) in [6.45, 7) is 0. The molecule has 4 nitrogen and oxygen atoms in total. The molecule has 74 valence electrons. The molecule has 2 heterocycles. The highest BCUT2D eigenvalue weighted by molar-refractivity contribution is 8.38. The molecular formula is C7H7ClN4S2. The van der Waals surface area contributed by atoms with Crippen LogP contribution < -0.4 is 5.01 Å². The molecule has 0 spiro atoms. The van der Waals surface area contributed by atoms with Crippen molar-refractivity contribution in [3.8, 4) is 0 Å². The third-order valence-electron chi connectivity index (χ3n) is 1.69. The molecule has 0 fully saturated rings. The fourth-order valence-electron chi connectivity index (χ4n) is 1.04. The number of hydrazone groups is 1. The van der Waals surface area contributed by atoms with Gasteiger partial charge in [-0.25, -0.2) is 0 Å². The van der Waals surface area contributed by atoms with Crippen molar-refractivity contribution < 1.29 is 0 Å². The zero-order valence-electron chi connectivity index (χ0n) is 7.56. The molecule has 1 aromatic heterocycles. The minimum atomic E-state index is 0.431. The van der Waals surface area contributed by atoms with Gasteiger partial charge in [-0.3, -0.25) is 5.01 Å². The Bertz CT molecular complexity index is 395. The maximum atomic E-state index is 5.94. The maximum absolute atomic E-state index is 5.94. The van der Waals surface area contributed by atoms with Crippen LogP contribution in [0.3, 0.4) is 0 Å². The van der Waals surface area contributed by atoms with Crippen molar-refractivity contribution in [3.63, 3.8) is 0 Å². The average molecular weight is 247 g/mol. The van der Waals surface area contributed by atoms with Gasteiger partial charge in [-0.05, 0) is 6.26 Å². The SMILES string of the molecule is CSC1=NN(C)c2cnnc(Cl)c2S1. The standard InChI is InChI=1S/C7H7ClN4S2/c1-12-4-3-9-10-6(8)5(4)14-7(11-12)13-2/h3H,1-2H3. The number of rotatable bonds is 0. The van der Waals surface area contributed by atoms with E-state index in [0.717, 1.165) is 15.0 Å². The van der Waals surface area contributed by atoms with E-state index in [1.807, 2.05) is 13.3 Å². The highest BCUT2D eigenvalue weighted by atomic mass is 35.5. The molecular weight excluding hydrogens is 240 g/mol. The Morgan fingerprint density at radius 3 is 3.07 bits per heavy atom. The molecule has 1 aliphatic rings. The van der Waals surface area contributed by atoms with Crippen LogP contribution in [0, 0.1) is 0 Å². The topological polar surface area (TPSA) is 41.4 Å². The highest BCUT2D eigenvalue weighted by Gasteiger charge is 2.20. The highest BCUT2D eigenvalue weighted by Crippen LogP contribution is 2.40. The Balaban J connectivity index is 2.47. The monoisotopic (exact) mass is 246 g/mol. The first-order valence-corrected chi connectivity index (χ1v) is 6.19. The fraction of sp³-hybridized carbons (Fsp3) is 0.286. The van der Waals surface area contributed by atoms with Crippen molar-refractivity contribution in [2.24, 2.45) is 5.10 Å². The van der Waals surface area contributed by atoms with Crippen molar-refractivity contribution in [2.75, 3.05) is 18.3 Å². The van der Waals surface area contributed by atoms with Gasteiger partial charge in [0.1, 0.15) is 0 Å². The Kier molecular flexibility index (Phi) is 2.85. The molecule has 1 aromatic rings. The van der Waals surface area contributed by atoms with Crippen LogP contribution in [-0.4, -0.2) is 27.9 Å². The van der Waals surface area contributed by atoms with Crippen LogP contribution >= 0.6 is 35.1 Å². The van der Waals surface area contributed by atoms with Gasteiger partial charge >= 0.3 is 0 Å². The van der Waals surface area contributed by atoms with E-state index in [1.165, 1.54) is 11.8 Å². The minimum absolute atomic E-state index is 0.431. The number of halogens is 1. The second kappa shape index (κ2) is 3.96. The summed E-state index contributed by atoms with van der Waals surface area (Å²) in [7, 11) is 1.87. The molecule has 0 amide bonds. The third kappa shape index (κ3) is 1.69. The molecule has 0 atom stereocenters. The predicted octanol–water partition coefficient (Wildman–Crippen LogP) is 2.31. The molecule has 0 bridgehead atoms. The first-order valence-electron chi connectivity index (χ1n) is 3.77. The van der Waals surface area contributed by atoms with Gasteiger partial charge in [-0.2, -0.15) is 10.2 Å². The number of fused-ring (bicyclic) bond motifs is 1. The van der Waals surface area contributed by atoms with Gasteiger partial charge in [-0.1, -0.05) is 23.4 Å². The van der Waals surface area contributed by atoms with Crippen LogP contribution in [-0.2, 0) is 0 Å². The smallest absolute Gasteiger partial charge is 0.167 e. The number of nitrogens with zero attached hydrogens (tertiary/aromatic N) is 4. The lowest BCUT2D eigenvalue weighted by molar-refractivity contribution is 0.930. The lowest BCUT2D eigenvalue weighted by atomic mass is 10.4. The summed E-state index contributed by atoms with van der Waals surface area (Å²) in [6.07, 6.45) is 3.64. The van der Waals surface area contributed by atoms with E-state index in [4.69, 9.17) is 11.6 Å². The van der Waals surface area contributed by atoms with Crippen LogP contribution in [0.4, 0.5) is 5.69 Å². The van der Waals surface area contributed by atoms with E-state index in [2.05, 4.69) is 15.3 Å². The van der Waals surface area contributed by atoms with Crippen molar-refractivity contribution in [3.05, 3.63) is 11.3 Å². The summed E-state index contributed by atoms with van der Waals surface area (Å²) < 4.78 is 0.954. The molecule has 0 radical (unpaired) electrons. The summed E-state index contributed by atoms with van der Waals surface area (Å²) in [6, 6.07) is 0. The molecule has 0 aromatic carbocycles. The summed E-state index contributed by atoms with van der Waals surface area (Å²) in [5.74, 6) is 0. The zero-order valence-corrected chi connectivity index (χ0v) is 9.95. The molecule has 1 aliphatic heterocycles. The van der Waals surface area contributed by atoms with Crippen molar-refractivity contribution in [1.29, 1.82) is 0 Å². The fourth-order valence-corrected chi connectivity index (χ4v) is 2.83. The summed E-state index contributed by atoms with van der Waals surface area (Å²) in [5, 5.41) is 14.1. The lowest BCUT2D eigenvalue weighted by Gasteiger charge is -2.22. The van der Waals surface area contributed by atoms with E-state index >= 15 is 0 Å². The second-order valence-corrected chi connectivity index (χ2v) is 4.96. The van der Waals surface area contributed by atoms with E-state index in [-0.39, 0.29) is 0 Å². The normalized spacial score (nSPS) is 15.1. The number of anilines is 1. The Morgan fingerprint density at radius 1 is 1.57 bits per heavy atom. The first-order chi connectivity index (χ1) is 6.72. The second-order valence-electron chi connectivity index (χ2n) is 2.55. The summed E-state index contributed by atoms with van der Waals surface area (Å²) in [5.41, 5.74) is 0.896. The molecule has 0 saturated heterocycles. The van der Waals surface area contributed by atoms with E-state index < -0.39 is 0 Å². The van der Waals surface area contributed by atoms with Crippen LogP contribution in [0.5, 0.6) is 0 Å². The molecule has 14 heavy (non-hydrogen) atoms. The van der Waals surface area contributed by atoms with Crippen LogP contribution in [0.1, 0.15) is 0 Å². The van der Waals surface area contributed by atoms with Crippen molar-refractivity contribution >= 4 is 45.2 Å². The summed E-state index contributed by atoms with van der Waals surface area (Å²) in [4.78, 5) is 0.920. The van der Waals surface area contributed by atoms with Gasteiger partial charge in [0.25, 0.3) is 0 Å². The quantitative estimate of drug-likeness (QED) is 0.703. The Labute approximate surface area is 95.1 Å². The zero-order chi connectivity index (χ0) is 10.1. The van der Waals surface area contributed by atoms with Gasteiger partial charge in [-0.15, -0.1) is 16.9 Å². The first kappa shape index (κ1) is 10.1. The molecule has 2 rings (SSSR count). The van der Waals surface area contributed by atoms with Gasteiger partial charge < -0.3 is 0 Å². The van der Waals surface area contributed by atoms with Gasteiger partial charge in [0.05, 0.1) is 16.8 Å². The van der Waals surface area contributed by atoms with Crippen LogP contribution in [0.2, 0.25) is 5.15 Å².